The van der Waals surface area contributed by atoms with Gasteiger partial charge in [-0.1, -0.05) is 38.4 Å². The van der Waals surface area contributed by atoms with Gasteiger partial charge in [0.1, 0.15) is 12.3 Å². The van der Waals surface area contributed by atoms with Crippen LogP contribution in [0.15, 0.2) is 67.9 Å². The molecule has 2 amide bonds. The van der Waals surface area contributed by atoms with Crippen LogP contribution in [-0.4, -0.2) is 45.7 Å². The van der Waals surface area contributed by atoms with Crippen LogP contribution in [0.4, 0.5) is 5.69 Å². The first-order chi connectivity index (χ1) is 15.6. The molecule has 5 rings (SSSR count). The van der Waals surface area contributed by atoms with Gasteiger partial charge in [0.05, 0.1) is 12.3 Å². The van der Waals surface area contributed by atoms with Gasteiger partial charge in [-0.25, -0.2) is 4.90 Å². The van der Waals surface area contributed by atoms with Crippen LogP contribution < -0.4 is 9.64 Å². The summed E-state index contributed by atoms with van der Waals surface area (Å²) in [5.74, 6) is 0.503. The number of carbonyl (C=O) groups is 2. The van der Waals surface area contributed by atoms with E-state index in [1.54, 1.807) is 24.3 Å². The molecule has 1 saturated heterocycles. The van der Waals surface area contributed by atoms with Gasteiger partial charge in [-0.3, -0.25) is 14.6 Å². The minimum absolute atomic E-state index is 0.0538. The third-order valence-electron chi connectivity index (χ3n) is 5.14. The van der Waals surface area contributed by atoms with Gasteiger partial charge in [-0.2, -0.15) is 10.1 Å². The third-order valence-corrected chi connectivity index (χ3v) is 5.84. The van der Waals surface area contributed by atoms with Gasteiger partial charge in [-0.15, -0.1) is 0 Å². The quantitative estimate of drug-likeness (QED) is 0.480. The van der Waals surface area contributed by atoms with E-state index in [-0.39, 0.29) is 12.4 Å². The maximum absolute atomic E-state index is 13.1. The van der Waals surface area contributed by atoms with Gasteiger partial charge in [0.15, 0.2) is 12.1 Å². The Morgan fingerprint density at radius 1 is 1.09 bits per heavy atom. The molecule has 2 aliphatic heterocycles. The Bertz CT molecular complexity index is 1210. The van der Waals surface area contributed by atoms with Gasteiger partial charge in [-0.05, 0) is 43.3 Å². The van der Waals surface area contributed by atoms with Gasteiger partial charge >= 0.3 is 0 Å². The summed E-state index contributed by atoms with van der Waals surface area (Å²) in [6.07, 6.45) is 0. The van der Waals surface area contributed by atoms with Crippen molar-refractivity contribution in [3.8, 4) is 17.1 Å². The maximum atomic E-state index is 13.1. The number of amides is 2. The summed E-state index contributed by atoms with van der Waals surface area (Å²) < 4.78 is 11.6. The van der Waals surface area contributed by atoms with Crippen LogP contribution in [0.5, 0.6) is 5.75 Å². The van der Waals surface area contributed by atoms with Crippen molar-refractivity contribution in [3.63, 3.8) is 0 Å². The maximum Gasteiger partial charge on any atom is 0.263 e. The lowest BCUT2D eigenvalue weighted by Gasteiger charge is -2.19. The Morgan fingerprint density at radius 2 is 1.88 bits per heavy atom. The molecule has 2 unspecified atom stereocenters. The summed E-state index contributed by atoms with van der Waals surface area (Å²) in [4.78, 5) is 31.5. The lowest BCUT2D eigenvalue weighted by molar-refractivity contribution is -0.123. The highest BCUT2D eigenvalue weighted by molar-refractivity contribution is 9.10. The van der Waals surface area contributed by atoms with E-state index in [0.29, 0.717) is 23.9 Å². The lowest BCUT2D eigenvalue weighted by atomic mass is 10.1. The highest BCUT2D eigenvalue weighted by atomic mass is 79.9. The summed E-state index contributed by atoms with van der Waals surface area (Å²) >= 11 is 3.46. The molecular formula is C21H17BrN6O4. The van der Waals surface area contributed by atoms with Crippen LogP contribution in [0, 0.1) is 0 Å². The Labute approximate surface area is 191 Å². The van der Waals surface area contributed by atoms with Crippen molar-refractivity contribution in [1.29, 1.82) is 0 Å². The number of fused-ring (bicyclic) bond motifs is 1. The fourth-order valence-electron chi connectivity index (χ4n) is 3.68. The summed E-state index contributed by atoms with van der Waals surface area (Å²) in [7, 11) is 0. The first-order valence-electron chi connectivity index (χ1n) is 9.92. The van der Waals surface area contributed by atoms with E-state index in [0.717, 1.165) is 14.9 Å². The molecule has 162 valence electrons. The molecule has 0 spiro atoms. The molecule has 3 heterocycles. The third kappa shape index (κ3) is 3.44. The van der Waals surface area contributed by atoms with Crippen molar-refractivity contribution in [2.45, 2.75) is 25.6 Å². The number of nitrogens with zero attached hydrogens (tertiary/aromatic N) is 6. The molecule has 0 N–H and O–H groups in total. The Hall–Kier alpha value is -3.60. The van der Waals surface area contributed by atoms with Crippen molar-refractivity contribution in [2.75, 3.05) is 11.5 Å². The van der Waals surface area contributed by atoms with E-state index in [4.69, 9.17) is 9.26 Å². The number of benzene rings is 2. The topological polar surface area (TPSA) is 113 Å². The van der Waals surface area contributed by atoms with Crippen molar-refractivity contribution < 1.29 is 18.8 Å². The zero-order chi connectivity index (χ0) is 22.2. The summed E-state index contributed by atoms with van der Waals surface area (Å²) in [6, 6.07) is 12.5. The lowest BCUT2D eigenvalue weighted by Crippen LogP contribution is -2.39. The molecule has 2 aliphatic rings. The molecule has 1 fully saturated rings. The van der Waals surface area contributed by atoms with Crippen molar-refractivity contribution in [1.82, 2.24) is 15.1 Å². The number of carbonyl (C=O) groups excluding carboxylic acids is 2. The summed E-state index contributed by atoms with van der Waals surface area (Å²) in [6.45, 7) is 2.46. The summed E-state index contributed by atoms with van der Waals surface area (Å²) in [5, 5.41) is 13.5. The average molecular weight is 497 g/mol. The molecular weight excluding hydrogens is 480 g/mol. The Morgan fingerprint density at radius 3 is 2.62 bits per heavy atom. The standard InChI is InChI=1S/C21H17BrN6O4/c1-2-31-13-9-7-12(8-10-13)28-20(29)17-18(21(28)30)27(26-24-17)11-16-23-19(25-32-16)14-5-3-4-6-15(14)22/h3-10,17-18H,2,11H2,1H3. The number of hydrogen-bond acceptors (Lipinski definition) is 9. The van der Waals surface area contributed by atoms with Gasteiger partial charge < -0.3 is 9.26 Å². The van der Waals surface area contributed by atoms with E-state index < -0.39 is 23.9 Å². The van der Waals surface area contributed by atoms with Crippen LogP contribution in [0.3, 0.4) is 0 Å². The molecule has 10 nitrogen and oxygen atoms in total. The Kier molecular flexibility index (Phi) is 5.17. The second-order valence-corrected chi connectivity index (χ2v) is 7.98. The number of ether oxygens (including phenoxy) is 1. The Balaban J connectivity index is 1.34. The zero-order valence-corrected chi connectivity index (χ0v) is 18.5. The molecule has 0 aliphatic carbocycles. The van der Waals surface area contributed by atoms with Crippen LogP contribution in [-0.2, 0) is 16.1 Å². The van der Waals surface area contributed by atoms with Crippen LogP contribution in [0.1, 0.15) is 12.8 Å². The van der Waals surface area contributed by atoms with Gasteiger partial charge in [0.25, 0.3) is 11.8 Å². The normalized spacial score (nSPS) is 19.7. The van der Waals surface area contributed by atoms with E-state index in [1.807, 2.05) is 31.2 Å². The zero-order valence-electron chi connectivity index (χ0n) is 16.9. The molecule has 32 heavy (non-hydrogen) atoms. The first-order valence-corrected chi connectivity index (χ1v) is 10.7. The van der Waals surface area contributed by atoms with E-state index >= 15 is 0 Å². The fraction of sp³-hybridized carbons (Fsp3) is 0.238. The van der Waals surface area contributed by atoms with Gasteiger partial charge in [0, 0.05) is 10.0 Å². The van der Waals surface area contributed by atoms with Crippen LogP contribution >= 0.6 is 15.9 Å². The smallest absolute Gasteiger partial charge is 0.263 e. The second kappa shape index (κ2) is 8.15. The monoisotopic (exact) mass is 496 g/mol. The van der Waals surface area contributed by atoms with Crippen LogP contribution in [0.25, 0.3) is 11.4 Å². The van der Waals surface area contributed by atoms with E-state index in [2.05, 4.69) is 36.4 Å². The first kappa shape index (κ1) is 20.3. The molecule has 0 saturated carbocycles. The summed E-state index contributed by atoms with van der Waals surface area (Å²) in [5.41, 5.74) is 1.24. The molecule has 0 bridgehead atoms. The van der Waals surface area contributed by atoms with Gasteiger partial charge in [0.2, 0.25) is 11.7 Å². The number of rotatable bonds is 6. The number of aromatic nitrogens is 2. The molecule has 1 aromatic heterocycles. The largest absolute Gasteiger partial charge is 0.494 e. The fourth-order valence-corrected chi connectivity index (χ4v) is 4.14. The molecule has 3 aromatic rings. The SMILES string of the molecule is CCOc1ccc(N2C(=O)C3N=NN(Cc4nc(-c5ccccc5Br)no4)C3C2=O)cc1. The predicted octanol–water partition coefficient (Wildman–Crippen LogP) is 3.39. The second-order valence-electron chi connectivity index (χ2n) is 7.12. The molecule has 2 atom stereocenters. The van der Waals surface area contributed by atoms with Crippen molar-refractivity contribution >= 4 is 33.4 Å². The average Bonchev–Trinajstić information content (AvgIpc) is 3.48. The highest BCUT2D eigenvalue weighted by Crippen LogP contribution is 2.33. The minimum atomic E-state index is -0.903. The number of halogens is 1. The minimum Gasteiger partial charge on any atom is -0.494 e. The van der Waals surface area contributed by atoms with Crippen LogP contribution in [0.2, 0.25) is 0 Å². The molecule has 2 aromatic carbocycles. The highest BCUT2D eigenvalue weighted by Gasteiger charge is 2.55. The molecule has 0 radical (unpaired) electrons. The molecule has 11 heteroatoms. The van der Waals surface area contributed by atoms with E-state index in [9.17, 15) is 9.59 Å². The number of hydrogen-bond donors (Lipinski definition) is 0. The van der Waals surface area contributed by atoms with Crippen molar-refractivity contribution in [3.05, 3.63) is 58.9 Å². The number of imide groups is 1. The predicted molar refractivity (Wildman–Crippen MR) is 116 cm³/mol. The van der Waals surface area contributed by atoms with E-state index in [1.165, 1.54) is 5.01 Å². The van der Waals surface area contributed by atoms with Crippen molar-refractivity contribution in [2.24, 2.45) is 10.3 Å². The number of anilines is 1.